The summed E-state index contributed by atoms with van der Waals surface area (Å²) in [5.41, 5.74) is 4.20. The molecule has 27 heavy (non-hydrogen) atoms. The molecular formula is C21H25N5O. The Balaban J connectivity index is 1.70. The summed E-state index contributed by atoms with van der Waals surface area (Å²) in [5, 5.41) is 12.1. The summed E-state index contributed by atoms with van der Waals surface area (Å²) in [4.78, 5) is 17.5. The lowest BCUT2D eigenvalue weighted by molar-refractivity contribution is 0.0938. The molecule has 6 heteroatoms. The second kappa shape index (κ2) is 7.39. The van der Waals surface area contributed by atoms with Crippen molar-refractivity contribution in [2.24, 2.45) is 7.05 Å². The van der Waals surface area contributed by atoms with Crippen molar-refractivity contribution in [3.8, 4) is 0 Å². The molecule has 2 aromatic heterocycles. The summed E-state index contributed by atoms with van der Waals surface area (Å²) >= 11 is 0. The van der Waals surface area contributed by atoms with Crippen LogP contribution in [0.5, 0.6) is 0 Å². The van der Waals surface area contributed by atoms with Gasteiger partial charge in [-0.2, -0.15) is 5.10 Å². The largest absolute Gasteiger partial charge is 0.380 e. The minimum absolute atomic E-state index is 0.0601. The smallest absolute Gasteiger partial charge is 0.255 e. The minimum Gasteiger partial charge on any atom is -0.380 e. The number of rotatable bonds is 5. The van der Waals surface area contributed by atoms with Gasteiger partial charge in [-0.3, -0.25) is 9.48 Å². The predicted octanol–water partition coefficient (Wildman–Crippen LogP) is 3.56. The predicted molar refractivity (Wildman–Crippen MR) is 107 cm³/mol. The van der Waals surface area contributed by atoms with Gasteiger partial charge >= 0.3 is 0 Å². The molecule has 0 bridgehead atoms. The molecule has 1 saturated carbocycles. The lowest BCUT2D eigenvalue weighted by atomic mass is 10.1. The van der Waals surface area contributed by atoms with Crippen LogP contribution in [-0.2, 0) is 13.6 Å². The quantitative estimate of drug-likeness (QED) is 0.727. The minimum atomic E-state index is -0.0601. The molecule has 0 saturated heterocycles. The number of nitrogens with one attached hydrogen (secondary N) is 2. The summed E-state index contributed by atoms with van der Waals surface area (Å²) in [7, 11) is 1.88. The van der Waals surface area contributed by atoms with Gasteiger partial charge in [-0.15, -0.1) is 0 Å². The molecule has 0 atom stereocenters. The zero-order chi connectivity index (χ0) is 18.8. The zero-order valence-electron chi connectivity index (χ0n) is 15.8. The highest BCUT2D eigenvalue weighted by atomic mass is 16.1. The van der Waals surface area contributed by atoms with E-state index in [0.717, 1.165) is 40.8 Å². The summed E-state index contributed by atoms with van der Waals surface area (Å²) in [6.07, 6.45) is 6.15. The van der Waals surface area contributed by atoms with Gasteiger partial charge in [-0.25, -0.2) is 4.98 Å². The number of hydrogen-bond donors (Lipinski definition) is 2. The van der Waals surface area contributed by atoms with E-state index in [1.165, 1.54) is 12.8 Å². The van der Waals surface area contributed by atoms with Gasteiger partial charge in [0.25, 0.3) is 5.91 Å². The Kier molecular flexibility index (Phi) is 4.79. The van der Waals surface area contributed by atoms with Crippen LogP contribution in [0.25, 0.3) is 11.0 Å². The Morgan fingerprint density at radius 1 is 1.22 bits per heavy atom. The van der Waals surface area contributed by atoms with E-state index in [9.17, 15) is 4.79 Å². The van der Waals surface area contributed by atoms with Gasteiger partial charge in [-0.05, 0) is 25.3 Å². The third kappa shape index (κ3) is 3.52. The normalized spacial score (nSPS) is 14.6. The van der Waals surface area contributed by atoms with Crippen molar-refractivity contribution < 1.29 is 4.79 Å². The number of carbonyl (C=O) groups is 1. The number of hydrogen-bond acceptors (Lipinski definition) is 4. The third-order valence-corrected chi connectivity index (χ3v) is 5.27. The molecule has 140 valence electrons. The Morgan fingerprint density at radius 3 is 2.70 bits per heavy atom. The first kappa shape index (κ1) is 17.5. The number of aryl methyl sites for hydroxylation is 2. The van der Waals surface area contributed by atoms with E-state index in [1.807, 2.05) is 32.2 Å². The molecular weight excluding hydrogens is 338 g/mol. The van der Waals surface area contributed by atoms with E-state index in [0.29, 0.717) is 12.1 Å². The van der Waals surface area contributed by atoms with Gasteiger partial charge in [0.1, 0.15) is 0 Å². The zero-order valence-corrected chi connectivity index (χ0v) is 15.8. The maximum atomic E-state index is 13.0. The SMILES string of the molecule is Cc1nn(C)c2ncc(C(=O)NC3CCCC3)c(NCc3ccccc3)c12. The second-order valence-corrected chi connectivity index (χ2v) is 7.25. The number of aromatic nitrogens is 3. The fraction of sp³-hybridized carbons (Fsp3) is 0.381. The fourth-order valence-electron chi connectivity index (χ4n) is 3.89. The third-order valence-electron chi connectivity index (χ3n) is 5.27. The van der Waals surface area contributed by atoms with Crippen LogP contribution in [0.15, 0.2) is 36.5 Å². The molecule has 3 aromatic rings. The summed E-state index contributed by atoms with van der Waals surface area (Å²) in [6.45, 7) is 2.59. The number of pyridine rings is 1. The maximum Gasteiger partial charge on any atom is 0.255 e. The van der Waals surface area contributed by atoms with E-state index in [2.05, 4.69) is 32.8 Å². The van der Waals surface area contributed by atoms with Crippen LogP contribution in [0, 0.1) is 6.92 Å². The number of amides is 1. The van der Waals surface area contributed by atoms with E-state index < -0.39 is 0 Å². The topological polar surface area (TPSA) is 71.8 Å². The lowest BCUT2D eigenvalue weighted by Crippen LogP contribution is -2.33. The standard InChI is InChI=1S/C21H25N5O/c1-14-18-19(22-12-15-8-4-3-5-9-15)17(13-23-20(18)26(2)25-14)21(27)24-16-10-6-7-11-16/h3-5,8-9,13,16H,6-7,10-12H2,1-2H3,(H,22,23)(H,24,27). The molecule has 0 radical (unpaired) electrons. The lowest BCUT2D eigenvalue weighted by Gasteiger charge is -2.16. The molecule has 1 amide bonds. The van der Waals surface area contributed by atoms with E-state index in [4.69, 9.17) is 0 Å². The Morgan fingerprint density at radius 2 is 1.96 bits per heavy atom. The van der Waals surface area contributed by atoms with Crippen LogP contribution in [-0.4, -0.2) is 26.7 Å². The average molecular weight is 363 g/mol. The van der Waals surface area contributed by atoms with Crippen molar-refractivity contribution >= 4 is 22.6 Å². The molecule has 0 spiro atoms. The Labute approximate surface area is 159 Å². The number of carbonyl (C=O) groups excluding carboxylic acids is 1. The summed E-state index contributed by atoms with van der Waals surface area (Å²) in [5.74, 6) is -0.0601. The van der Waals surface area contributed by atoms with Gasteiger partial charge < -0.3 is 10.6 Å². The molecule has 1 aliphatic rings. The Hall–Kier alpha value is -2.89. The van der Waals surface area contributed by atoms with Crippen molar-refractivity contribution in [2.45, 2.75) is 45.2 Å². The number of benzene rings is 1. The molecule has 2 heterocycles. The van der Waals surface area contributed by atoms with Crippen molar-refractivity contribution in [1.82, 2.24) is 20.1 Å². The van der Waals surface area contributed by atoms with Crippen LogP contribution < -0.4 is 10.6 Å². The molecule has 4 rings (SSSR count). The second-order valence-electron chi connectivity index (χ2n) is 7.25. The number of nitrogens with zero attached hydrogens (tertiary/aromatic N) is 3. The van der Waals surface area contributed by atoms with E-state index >= 15 is 0 Å². The molecule has 1 aliphatic carbocycles. The Bertz CT molecular complexity index is 958. The first-order valence-corrected chi connectivity index (χ1v) is 9.54. The van der Waals surface area contributed by atoms with Gasteiger partial charge in [0.2, 0.25) is 0 Å². The highest BCUT2D eigenvalue weighted by Crippen LogP contribution is 2.29. The van der Waals surface area contributed by atoms with Crippen molar-refractivity contribution in [1.29, 1.82) is 0 Å². The molecule has 1 fully saturated rings. The fourth-order valence-corrected chi connectivity index (χ4v) is 3.89. The van der Waals surface area contributed by atoms with Crippen LogP contribution in [0.3, 0.4) is 0 Å². The van der Waals surface area contributed by atoms with Crippen LogP contribution in [0.4, 0.5) is 5.69 Å². The molecule has 0 unspecified atom stereocenters. The summed E-state index contributed by atoms with van der Waals surface area (Å²) in [6, 6.07) is 10.4. The van der Waals surface area contributed by atoms with E-state index in [-0.39, 0.29) is 11.9 Å². The maximum absolute atomic E-state index is 13.0. The number of anilines is 1. The van der Waals surface area contributed by atoms with Gasteiger partial charge in [0, 0.05) is 25.8 Å². The van der Waals surface area contributed by atoms with Crippen molar-refractivity contribution in [3.05, 3.63) is 53.3 Å². The molecule has 6 nitrogen and oxygen atoms in total. The highest BCUT2D eigenvalue weighted by Gasteiger charge is 2.23. The van der Waals surface area contributed by atoms with Gasteiger partial charge in [0.15, 0.2) is 5.65 Å². The molecule has 0 aliphatic heterocycles. The number of fused-ring (bicyclic) bond motifs is 1. The van der Waals surface area contributed by atoms with Crippen LogP contribution in [0.2, 0.25) is 0 Å². The van der Waals surface area contributed by atoms with Crippen molar-refractivity contribution in [2.75, 3.05) is 5.32 Å². The average Bonchev–Trinajstić information content (AvgIpc) is 3.28. The first-order valence-electron chi connectivity index (χ1n) is 9.54. The first-order chi connectivity index (χ1) is 13.1. The van der Waals surface area contributed by atoms with Gasteiger partial charge in [-0.1, -0.05) is 43.2 Å². The van der Waals surface area contributed by atoms with E-state index in [1.54, 1.807) is 10.9 Å². The van der Waals surface area contributed by atoms with Crippen LogP contribution in [0.1, 0.15) is 47.3 Å². The van der Waals surface area contributed by atoms with Crippen molar-refractivity contribution in [3.63, 3.8) is 0 Å². The summed E-state index contributed by atoms with van der Waals surface area (Å²) < 4.78 is 1.76. The van der Waals surface area contributed by atoms with Crippen LogP contribution >= 0.6 is 0 Å². The monoisotopic (exact) mass is 363 g/mol. The highest BCUT2D eigenvalue weighted by molar-refractivity contribution is 6.07. The molecule has 2 N–H and O–H groups in total. The molecule has 1 aromatic carbocycles. The van der Waals surface area contributed by atoms with Gasteiger partial charge in [0.05, 0.1) is 22.3 Å².